The molecule has 1 aromatic rings. The molecule has 27 heavy (non-hydrogen) atoms. The third kappa shape index (κ3) is 7.64. The van der Waals surface area contributed by atoms with Gasteiger partial charge in [-0.2, -0.15) is 0 Å². The first-order valence-electron chi connectivity index (χ1n) is 9.27. The molecule has 6 nitrogen and oxygen atoms in total. The van der Waals surface area contributed by atoms with Gasteiger partial charge in [0, 0.05) is 35.5 Å². The quantitative estimate of drug-likeness (QED) is 0.685. The van der Waals surface area contributed by atoms with Crippen LogP contribution >= 0.6 is 0 Å². The Balaban J connectivity index is 3.14. The zero-order valence-corrected chi connectivity index (χ0v) is 17.2. The Morgan fingerprint density at radius 1 is 0.852 bits per heavy atom. The predicted octanol–water partition coefficient (Wildman–Crippen LogP) is 3.26. The second-order valence-electron chi connectivity index (χ2n) is 7.62. The molecule has 0 radical (unpaired) electrons. The zero-order valence-electron chi connectivity index (χ0n) is 17.2. The maximum absolute atomic E-state index is 12.6. The highest BCUT2D eigenvalue weighted by Crippen LogP contribution is 2.19. The maximum atomic E-state index is 12.6. The predicted molar refractivity (Wildman–Crippen MR) is 108 cm³/mol. The van der Waals surface area contributed by atoms with E-state index >= 15 is 0 Å². The molecule has 0 saturated heterocycles. The van der Waals surface area contributed by atoms with Gasteiger partial charge in [0.15, 0.2) is 0 Å². The first-order valence-corrected chi connectivity index (χ1v) is 9.27. The van der Waals surface area contributed by atoms with Crippen LogP contribution in [-0.4, -0.2) is 30.8 Å². The lowest BCUT2D eigenvalue weighted by Crippen LogP contribution is -2.27. The molecule has 0 aliphatic heterocycles. The molecular weight excluding hydrogens is 342 g/mol. The number of benzene rings is 1. The average Bonchev–Trinajstić information content (AvgIpc) is 2.59. The summed E-state index contributed by atoms with van der Waals surface area (Å²) in [6, 6.07) is 4.50. The smallest absolute Gasteiger partial charge is 0.255 e. The summed E-state index contributed by atoms with van der Waals surface area (Å²) in [4.78, 5) is 37.0. The largest absolute Gasteiger partial charge is 0.352 e. The van der Waals surface area contributed by atoms with Crippen LogP contribution in [0.5, 0.6) is 0 Å². The number of carbonyl (C=O) groups excluding carboxylic acids is 3. The fourth-order valence-electron chi connectivity index (χ4n) is 2.31. The zero-order chi connectivity index (χ0) is 20.6. The summed E-state index contributed by atoms with van der Waals surface area (Å²) >= 11 is 0. The minimum absolute atomic E-state index is 0.121. The van der Waals surface area contributed by atoms with E-state index < -0.39 is 0 Å². The molecule has 0 saturated carbocycles. The monoisotopic (exact) mass is 373 g/mol. The van der Waals surface area contributed by atoms with Gasteiger partial charge < -0.3 is 16.0 Å². The normalized spacial score (nSPS) is 11.7. The highest BCUT2D eigenvalue weighted by molar-refractivity contribution is 6.04. The van der Waals surface area contributed by atoms with E-state index in [1.54, 1.807) is 0 Å². The van der Waals surface area contributed by atoms with E-state index in [2.05, 4.69) is 36.7 Å². The van der Waals surface area contributed by atoms with Crippen LogP contribution in [0.25, 0.3) is 0 Å². The van der Waals surface area contributed by atoms with Crippen LogP contribution in [0.15, 0.2) is 30.0 Å². The molecular formula is C21H31N3O3. The lowest BCUT2D eigenvalue weighted by Gasteiger charge is -2.16. The minimum atomic E-state index is -0.352. The molecule has 3 N–H and O–H groups in total. The fraction of sp³-hybridized carbons (Fsp3) is 0.476. The van der Waals surface area contributed by atoms with Gasteiger partial charge in [0.25, 0.3) is 17.7 Å². The molecule has 6 heteroatoms. The third-order valence-electron chi connectivity index (χ3n) is 3.73. The van der Waals surface area contributed by atoms with Crippen molar-refractivity contribution in [3.63, 3.8) is 0 Å². The topological polar surface area (TPSA) is 87.3 Å². The molecule has 0 unspecified atom stereocenters. The van der Waals surface area contributed by atoms with Gasteiger partial charge in [-0.1, -0.05) is 26.8 Å². The van der Waals surface area contributed by atoms with E-state index in [-0.39, 0.29) is 39.8 Å². The summed E-state index contributed by atoms with van der Waals surface area (Å²) < 4.78 is 0. The van der Waals surface area contributed by atoms with Crippen LogP contribution in [0, 0.1) is 5.41 Å². The summed E-state index contributed by atoms with van der Waals surface area (Å²) in [5.74, 6) is -0.996. The van der Waals surface area contributed by atoms with Gasteiger partial charge in [-0.3, -0.25) is 14.4 Å². The van der Waals surface area contributed by atoms with Crippen molar-refractivity contribution in [3.05, 3.63) is 46.7 Å². The molecule has 0 heterocycles. The molecule has 0 bridgehead atoms. The Hall–Kier alpha value is -2.63. The number of hydrogen-bond acceptors (Lipinski definition) is 3. The second kappa shape index (κ2) is 9.90. The van der Waals surface area contributed by atoms with Crippen molar-refractivity contribution in [1.82, 2.24) is 16.0 Å². The highest BCUT2D eigenvalue weighted by Gasteiger charge is 2.16. The first kappa shape index (κ1) is 22.4. The van der Waals surface area contributed by atoms with E-state index in [4.69, 9.17) is 0 Å². The van der Waals surface area contributed by atoms with E-state index in [1.807, 2.05) is 26.8 Å². The summed E-state index contributed by atoms with van der Waals surface area (Å²) in [5, 5.41) is 8.20. The van der Waals surface area contributed by atoms with E-state index in [9.17, 15) is 14.4 Å². The average molecular weight is 373 g/mol. The lowest BCUT2D eigenvalue weighted by atomic mass is 9.92. The number of amides is 3. The van der Waals surface area contributed by atoms with Crippen molar-refractivity contribution in [2.75, 3.05) is 13.1 Å². The van der Waals surface area contributed by atoms with Crippen molar-refractivity contribution in [3.8, 4) is 0 Å². The standard InChI is InChI=1S/C21H31N3O3/c1-7-22-18(25)15-11-16(19(26)23-8-2)13-17(12-15)20(27)24-14(3)9-10-21(4,5)6/h9,11-13H,7-8,10H2,1-6H3,(H,22,25)(H,23,26)(H,24,27). The maximum Gasteiger partial charge on any atom is 0.255 e. The van der Waals surface area contributed by atoms with Gasteiger partial charge in [0.05, 0.1) is 0 Å². The van der Waals surface area contributed by atoms with Gasteiger partial charge >= 0.3 is 0 Å². The van der Waals surface area contributed by atoms with Crippen molar-refractivity contribution in [2.45, 2.75) is 48.0 Å². The van der Waals surface area contributed by atoms with Crippen LogP contribution in [0.3, 0.4) is 0 Å². The second-order valence-corrected chi connectivity index (χ2v) is 7.62. The molecule has 148 valence electrons. The Morgan fingerprint density at radius 2 is 1.26 bits per heavy atom. The Labute approximate surface area is 161 Å². The van der Waals surface area contributed by atoms with Gasteiger partial charge in [0.2, 0.25) is 0 Å². The molecule has 0 aliphatic carbocycles. The van der Waals surface area contributed by atoms with Gasteiger partial charge in [-0.15, -0.1) is 0 Å². The summed E-state index contributed by atoms with van der Waals surface area (Å²) in [5.41, 5.74) is 1.68. The fourth-order valence-corrected chi connectivity index (χ4v) is 2.31. The minimum Gasteiger partial charge on any atom is -0.352 e. The molecule has 1 rings (SSSR count). The molecule has 0 spiro atoms. The SMILES string of the molecule is CCNC(=O)c1cc(C(=O)NCC)cc(C(=O)NC(C)=CCC(C)(C)C)c1. The van der Waals surface area contributed by atoms with Crippen LogP contribution < -0.4 is 16.0 Å². The third-order valence-corrected chi connectivity index (χ3v) is 3.73. The number of hydrogen-bond donors (Lipinski definition) is 3. The van der Waals surface area contributed by atoms with Gasteiger partial charge in [0.1, 0.15) is 0 Å². The van der Waals surface area contributed by atoms with Crippen molar-refractivity contribution in [1.29, 1.82) is 0 Å². The molecule has 1 aromatic carbocycles. The molecule has 3 amide bonds. The molecule has 0 aliphatic rings. The Morgan fingerprint density at radius 3 is 1.63 bits per heavy atom. The van der Waals surface area contributed by atoms with E-state index in [0.29, 0.717) is 13.1 Å². The number of nitrogens with one attached hydrogen (secondary N) is 3. The van der Waals surface area contributed by atoms with Crippen LogP contribution in [0.4, 0.5) is 0 Å². The Kier molecular flexibility index (Phi) is 8.22. The van der Waals surface area contributed by atoms with Crippen molar-refractivity contribution in [2.24, 2.45) is 5.41 Å². The Bertz CT molecular complexity index is 694. The van der Waals surface area contributed by atoms with Crippen LogP contribution in [0.2, 0.25) is 0 Å². The summed E-state index contributed by atoms with van der Waals surface area (Å²) in [7, 11) is 0. The van der Waals surface area contributed by atoms with Crippen LogP contribution in [0.1, 0.15) is 79.0 Å². The van der Waals surface area contributed by atoms with Gasteiger partial charge in [-0.25, -0.2) is 0 Å². The van der Waals surface area contributed by atoms with Crippen LogP contribution in [-0.2, 0) is 0 Å². The van der Waals surface area contributed by atoms with E-state index in [1.165, 1.54) is 18.2 Å². The van der Waals surface area contributed by atoms with Crippen molar-refractivity contribution >= 4 is 17.7 Å². The van der Waals surface area contributed by atoms with Crippen molar-refractivity contribution < 1.29 is 14.4 Å². The first-order chi connectivity index (χ1) is 12.6. The van der Waals surface area contributed by atoms with E-state index in [0.717, 1.165) is 12.1 Å². The van der Waals surface area contributed by atoms with Gasteiger partial charge in [-0.05, 0) is 50.8 Å². The number of carbonyl (C=O) groups is 3. The summed E-state index contributed by atoms with van der Waals surface area (Å²) in [6.07, 6.45) is 2.79. The molecule has 0 atom stereocenters. The lowest BCUT2D eigenvalue weighted by molar-refractivity contribution is 0.0955. The number of rotatable bonds is 7. The highest BCUT2D eigenvalue weighted by atomic mass is 16.2. The summed E-state index contributed by atoms with van der Waals surface area (Å²) in [6.45, 7) is 12.7. The molecule has 0 fully saturated rings. The molecule has 0 aromatic heterocycles. The number of allylic oxidation sites excluding steroid dienone is 2.